The highest BCUT2D eigenvalue weighted by atomic mass is 32.2. The smallest absolute Gasteiger partial charge is 0.409 e. The van der Waals surface area contributed by atoms with Gasteiger partial charge < -0.3 is 14.4 Å². The van der Waals surface area contributed by atoms with Crippen molar-refractivity contribution in [2.45, 2.75) is 77.2 Å². The molecule has 10 heteroatoms. The van der Waals surface area contributed by atoms with Crippen molar-refractivity contribution in [2.75, 3.05) is 25.5 Å². The van der Waals surface area contributed by atoms with Gasteiger partial charge in [-0.15, -0.1) is 0 Å². The number of hydrogen-bond donors (Lipinski definition) is 1. The zero-order chi connectivity index (χ0) is 32.0. The molecule has 1 saturated carbocycles. The molecule has 236 valence electrons. The van der Waals surface area contributed by atoms with E-state index >= 15 is 0 Å². The highest BCUT2D eigenvalue weighted by molar-refractivity contribution is 7.92. The maximum atomic E-state index is 13.7. The van der Waals surface area contributed by atoms with Gasteiger partial charge in [-0.05, 0) is 86.1 Å². The topological polar surface area (TPSA) is 111 Å². The average molecular weight is 621 g/mol. The first-order valence-corrected chi connectivity index (χ1v) is 16.6. The largest absolute Gasteiger partial charge is 0.477 e. The van der Waals surface area contributed by atoms with Crippen LogP contribution in [0, 0.1) is 31.1 Å². The summed E-state index contributed by atoms with van der Waals surface area (Å²) in [5.41, 5.74) is 4.12. The molecule has 0 radical (unpaired) electrons. The standard InChI is InChI=1S/C34H44N4O5S/c1-21-11-9-12-22(2)29(21)27-16-28-36-31(35-27)37-44(40,41)26-14-10-13-23(15-26)30(25(20-43-28)17-33(3,4)5)24-18-34(6,19-24)38(7)32(39)42-8/h9-16,24-25,30H,17-20H2,1-8H3,(H,35,36,37)/t24-,25-,30?,34+/m1/s1. The zero-order valence-electron chi connectivity index (χ0n) is 27.0. The van der Waals surface area contributed by atoms with Gasteiger partial charge in [0.05, 0.1) is 24.3 Å². The number of hydrogen-bond acceptors (Lipinski definition) is 7. The van der Waals surface area contributed by atoms with E-state index in [9.17, 15) is 13.2 Å². The predicted octanol–water partition coefficient (Wildman–Crippen LogP) is 6.96. The molecule has 2 aromatic carbocycles. The van der Waals surface area contributed by atoms with E-state index in [0.717, 1.165) is 41.5 Å². The number of amides is 1. The second-order valence-electron chi connectivity index (χ2n) is 13.9. The Morgan fingerprint density at radius 3 is 2.39 bits per heavy atom. The van der Waals surface area contributed by atoms with Crippen LogP contribution in [0.25, 0.3) is 11.3 Å². The molecule has 1 fully saturated rings. The SMILES string of the molecule is COC(=O)N(C)[C@]1(C)C[C@H](C2c3cccc(c3)S(=O)(=O)Nc3nc(cc(-c4c(C)cccc4C)n3)OC[C@H]2CC(C)(C)C)C1. The maximum absolute atomic E-state index is 13.7. The van der Waals surface area contributed by atoms with Crippen molar-refractivity contribution in [1.82, 2.24) is 14.9 Å². The maximum Gasteiger partial charge on any atom is 0.409 e. The van der Waals surface area contributed by atoms with E-state index in [2.05, 4.69) is 42.4 Å². The predicted molar refractivity (Wildman–Crippen MR) is 171 cm³/mol. The molecule has 44 heavy (non-hydrogen) atoms. The van der Waals surface area contributed by atoms with Gasteiger partial charge in [-0.2, -0.15) is 4.98 Å². The second-order valence-corrected chi connectivity index (χ2v) is 15.6. The number of sulfonamides is 1. The summed E-state index contributed by atoms with van der Waals surface area (Å²) in [5, 5.41) is 0. The number of benzene rings is 2. The van der Waals surface area contributed by atoms with Gasteiger partial charge in [0.1, 0.15) is 0 Å². The van der Waals surface area contributed by atoms with Gasteiger partial charge >= 0.3 is 6.09 Å². The number of anilines is 1. The first-order chi connectivity index (χ1) is 20.6. The van der Waals surface area contributed by atoms with Crippen LogP contribution >= 0.6 is 0 Å². The van der Waals surface area contributed by atoms with Crippen molar-refractivity contribution in [1.29, 1.82) is 0 Å². The molecule has 2 atom stereocenters. The Kier molecular flexibility index (Phi) is 8.44. The van der Waals surface area contributed by atoms with Crippen molar-refractivity contribution < 1.29 is 22.7 Å². The van der Waals surface area contributed by atoms with E-state index in [-0.39, 0.29) is 45.6 Å². The summed E-state index contributed by atoms with van der Waals surface area (Å²) in [6.45, 7) is 13.1. The number of aryl methyl sites for hydroxylation is 2. The van der Waals surface area contributed by atoms with Crippen LogP contribution in [0.1, 0.15) is 69.6 Å². The van der Waals surface area contributed by atoms with Gasteiger partial charge in [0.15, 0.2) is 0 Å². The Morgan fingerprint density at radius 2 is 1.75 bits per heavy atom. The lowest BCUT2D eigenvalue weighted by atomic mass is 9.58. The van der Waals surface area contributed by atoms with Crippen molar-refractivity contribution in [3.8, 4) is 17.1 Å². The molecular formula is C34H44N4O5S. The summed E-state index contributed by atoms with van der Waals surface area (Å²) >= 11 is 0. The van der Waals surface area contributed by atoms with Gasteiger partial charge in [0, 0.05) is 30.1 Å². The molecule has 4 bridgehead atoms. The summed E-state index contributed by atoms with van der Waals surface area (Å²) in [6.07, 6.45) is 1.99. The van der Waals surface area contributed by atoms with Crippen molar-refractivity contribution in [2.24, 2.45) is 17.3 Å². The number of fused-ring (bicyclic) bond motifs is 4. The Hall–Kier alpha value is -3.66. The van der Waals surface area contributed by atoms with Crippen LogP contribution in [0.2, 0.25) is 0 Å². The molecule has 9 nitrogen and oxygen atoms in total. The normalized spacial score (nSPS) is 24.4. The zero-order valence-corrected chi connectivity index (χ0v) is 27.8. The fraction of sp³-hybridized carbons (Fsp3) is 0.500. The van der Waals surface area contributed by atoms with Gasteiger partial charge in [-0.3, -0.25) is 0 Å². The molecular weight excluding hydrogens is 576 g/mol. The monoisotopic (exact) mass is 620 g/mol. The molecule has 1 aliphatic heterocycles. The van der Waals surface area contributed by atoms with Crippen molar-refractivity contribution in [3.63, 3.8) is 0 Å². The Bertz CT molecular complexity index is 1640. The molecule has 2 heterocycles. The lowest BCUT2D eigenvalue weighted by Crippen LogP contribution is -2.57. The first kappa shape index (κ1) is 31.8. The minimum Gasteiger partial charge on any atom is -0.477 e. The second kappa shape index (κ2) is 11.7. The number of ether oxygens (including phenoxy) is 2. The van der Waals surface area contributed by atoms with Crippen LogP contribution in [0.15, 0.2) is 53.4 Å². The number of nitrogens with zero attached hydrogens (tertiary/aromatic N) is 3. The van der Waals surface area contributed by atoms with Crippen LogP contribution < -0.4 is 9.46 Å². The van der Waals surface area contributed by atoms with Gasteiger partial charge in [0.25, 0.3) is 10.0 Å². The van der Waals surface area contributed by atoms with Crippen LogP contribution in [0.4, 0.5) is 10.7 Å². The molecule has 3 aromatic rings. The molecule has 0 saturated heterocycles. The molecule has 1 aliphatic carbocycles. The summed E-state index contributed by atoms with van der Waals surface area (Å²) in [5.74, 6) is 0.516. The summed E-state index contributed by atoms with van der Waals surface area (Å²) in [7, 11) is -0.836. The lowest BCUT2D eigenvalue weighted by Gasteiger charge is -2.54. The molecule has 5 rings (SSSR count). The summed E-state index contributed by atoms with van der Waals surface area (Å²) < 4.78 is 41.6. The van der Waals surface area contributed by atoms with Crippen molar-refractivity contribution in [3.05, 3.63) is 65.2 Å². The van der Waals surface area contributed by atoms with Gasteiger partial charge in [-0.1, -0.05) is 51.1 Å². The van der Waals surface area contributed by atoms with Crippen LogP contribution in [-0.4, -0.2) is 55.7 Å². The highest BCUT2D eigenvalue weighted by Crippen LogP contribution is 2.53. The Balaban J connectivity index is 1.61. The third-order valence-corrected chi connectivity index (χ3v) is 10.5. The van der Waals surface area contributed by atoms with E-state index in [1.807, 2.05) is 38.1 Å². The fourth-order valence-electron chi connectivity index (χ4n) is 7.11. The molecule has 1 aromatic heterocycles. The average Bonchev–Trinajstić information content (AvgIpc) is 2.92. The van der Waals surface area contributed by atoms with Crippen LogP contribution in [0.3, 0.4) is 0 Å². The molecule has 1 unspecified atom stereocenters. The molecule has 0 spiro atoms. The Morgan fingerprint density at radius 1 is 1.09 bits per heavy atom. The highest BCUT2D eigenvalue weighted by Gasteiger charge is 2.50. The minimum absolute atomic E-state index is 0.0117. The molecule has 2 aliphatic rings. The number of aromatic nitrogens is 2. The first-order valence-electron chi connectivity index (χ1n) is 15.1. The van der Waals surface area contributed by atoms with E-state index in [0.29, 0.717) is 18.2 Å². The van der Waals surface area contributed by atoms with Crippen molar-refractivity contribution >= 4 is 22.1 Å². The Labute approximate surface area is 261 Å². The van der Waals surface area contributed by atoms with Crippen LogP contribution in [-0.2, 0) is 14.8 Å². The number of methoxy groups -OCH3 is 1. The fourth-order valence-corrected chi connectivity index (χ4v) is 8.11. The minimum atomic E-state index is -4.01. The molecule has 1 N–H and O–H groups in total. The van der Waals surface area contributed by atoms with E-state index in [4.69, 9.17) is 9.47 Å². The summed E-state index contributed by atoms with van der Waals surface area (Å²) in [6, 6.07) is 15.0. The van der Waals surface area contributed by atoms with E-state index in [1.165, 1.54) is 7.11 Å². The summed E-state index contributed by atoms with van der Waals surface area (Å²) in [4.78, 5) is 23.4. The lowest BCUT2D eigenvalue weighted by molar-refractivity contribution is -0.0160. The third-order valence-electron chi connectivity index (χ3n) is 9.22. The third kappa shape index (κ3) is 6.41. The number of carbonyl (C=O) groups excluding carboxylic acids is 1. The molecule has 1 amide bonds. The number of rotatable bonds is 4. The number of nitrogens with one attached hydrogen (secondary N) is 1. The van der Waals surface area contributed by atoms with Gasteiger partial charge in [-0.25, -0.2) is 22.9 Å². The van der Waals surface area contributed by atoms with E-state index < -0.39 is 10.0 Å². The van der Waals surface area contributed by atoms with E-state index in [1.54, 1.807) is 36.2 Å². The quantitative estimate of drug-likeness (QED) is 0.336. The number of carbonyl (C=O) groups is 1. The van der Waals surface area contributed by atoms with Crippen LogP contribution in [0.5, 0.6) is 5.88 Å². The van der Waals surface area contributed by atoms with Gasteiger partial charge in [0.2, 0.25) is 11.8 Å².